The zero-order valence-electron chi connectivity index (χ0n) is 11.0. The maximum absolute atomic E-state index is 10.3. The van der Waals surface area contributed by atoms with Crippen molar-refractivity contribution in [1.82, 2.24) is 0 Å². The van der Waals surface area contributed by atoms with Crippen LogP contribution in [0.3, 0.4) is 0 Å². The molecule has 16 heavy (non-hydrogen) atoms. The Bertz CT molecular complexity index is 213. The predicted molar refractivity (Wildman–Crippen MR) is 68.3 cm³/mol. The van der Waals surface area contributed by atoms with Crippen LogP contribution >= 0.6 is 0 Å². The van der Waals surface area contributed by atoms with E-state index in [0.717, 1.165) is 24.2 Å². The lowest BCUT2D eigenvalue weighted by Gasteiger charge is -2.42. The van der Waals surface area contributed by atoms with Crippen LogP contribution in [0, 0.1) is 23.7 Å². The van der Waals surface area contributed by atoms with E-state index in [9.17, 15) is 5.11 Å². The fourth-order valence-electron chi connectivity index (χ4n) is 4.18. The van der Waals surface area contributed by atoms with E-state index in [0.29, 0.717) is 5.92 Å². The average Bonchev–Trinajstić information content (AvgIpc) is 2.32. The van der Waals surface area contributed by atoms with Gasteiger partial charge in [0.15, 0.2) is 0 Å². The molecular formula is C15H28O. The first-order valence-corrected chi connectivity index (χ1v) is 7.40. The normalized spacial score (nSPS) is 45.6. The molecule has 2 saturated carbocycles. The summed E-state index contributed by atoms with van der Waals surface area (Å²) in [5, 5.41) is 10.3. The van der Waals surface area contributed by atoms with Crippen molar-refractivity contribution in [1.29, 1.82) is 0 Å². The molecule has 1 N–H and O–H groups in total. The first kappa shape index (κ1) is 12.4. The first-order chi connectivity index (χ1) is 7.72. The summed E-state index contributed by atoms with van der Waals surface area (Å²) in [4.78, 5) is 0. The predicted octanol–water partition coefficient (Wildman–Crippen LogP) is 4.00. The summed E-state index contributed by atoms with van der Waals surface area (Å²) in [6.07, 6.45) is 10.5. The summed E-state index contributed by atoms with van der Waals surface area (Å²) >= 11 is 0. The molecule has 94 valence electrons. The lowest BCUT2D eigenvalue weighted by molar-refractivity contribution is -0.00992. The highest BCUT2D eigenvalue weighted by atomic mass is 16.3. The molecule has 0 saturated heterocycles. The lowest BCUT2D eigenvalue weighted by Crippen LogP contribution is -2.38. The smallest absolute Gasteiger partial charge is 0.0571 e. The van der Waals surface area contributed by atoms with Crippen molar-refractivity contribution >= 4 is 0 Å². The van der Waals surface area contributed by atoms with Crippen LogP contribution in [0.25, 0.3) is 0 Å². The van der Waals surface area contributed by atoms with Crippen LogP contribution in [0.4, 0.5) is 0 Å². The second-order valence-electron chi connectivity index (χ2n) is 6.27. The molecule has 2 rings (SSSR count). The number of hydrogen-bond acceptors (Lipinski definition) is 1. The van der Waals surface area contributed by atoms with Crippen LogP contribution in [0.1, 0.15) is 65.2 Å². The standard InChI is InChI=1S/C15H28O/c1-3-12-6-4-5-7-13(12)14-10-11(2)8-9-15(14)16/h11-16H,3-10H2,1-2H3. The van der Waals surface area contributed by atoms with Crippen molar-refractivity contribution in [2.45, 2.75) is 71.3 Å². The highest BCUT2D eigenvalue weighted by molar-refractivity contribution is 4.87. The molecule has 0 aromatic heterocycles. The molecule has 0 amide bonds. The zero-order chi connectivity index (χ0) is 11.5. The van der Waals surface area contributed by atoms with E-state index in [1.165, 1.54) is 44.9 Å². The third kappa shape index (κ3) is 2.61. The highest BCUT2D eigenvalue weighted by Crippen LogP contribution is 2.44. The molecule has 0 heterocycles. The van der Waals surface area contributed by atoms with Crippen LogP contribution in [-0.4, -0.2) is 11.2 Å². The molecule has 0 aliphatic heterocycles. The van der Waals surface area contributed by atoms with Gasteiger partial charge >= 0.3 is 0 Å². The van der Waals surface area contributed by atoms with Crippen molar-refractivity contribution in [3.8, 4) is 0 Å². The topological polar surface area (TPSA) is 20.2 Å². The van der Waals surface area contributed by atoms with Gasteiger partial charge in [-0.15, -0.1) is 0 Å². The van der Waals surface area contributed by atoms with Crippen LogP contribution < -0.4 is 0 Å². The second-order valence-corrected chi connectivity index (χ2v) is 6.27. The maximum Gasteiger partial charge on any atom is 0.0571 e. The van der Waals surface area contributed by atoms with Gasteiger partial charge in [-0.25, -0.2) is 0 Å². The van der Waals surface area contributed by atoms with E-state index in [4.69, 9.17) is 0 Å². The van der Waals surface area contributed by atoms with Crippen LogP contribution in [-0.2, 0) is 0 Å². The average molecular weight is 224 g/mol. The van der Waals surface area contributed by atoms with Gasteiger partial charge in [0.1, 0.15) is 0 Å². The fraction of sp³-hybridized carbons (Fsp3) is 1.00. The van der Waals surface area contributed by atoms with Gasteiger partial charge in [0, 0.05) is 0 Å². The number of aliphatic hydroxyl groups excluding tert-OH is 1. The van der Waals surface area contributed by atoms with Gasteiger partial charge in [0.2, 0.25) is 0 Å². The van der Waals surface area contributed by atoms with E-state index in [-0.39, 0.29) is 6.10 Å². The lowest BCUT2D eigenvalue weighted by atomic mass is 9.64. The third-order valence-corrected chi connectivity index (χ3v) is 5.17. The largest absolute Gasteiger partial charge is 0.393 e. The molecule has 0 bridgehead atoms. The van der Waals surface area contributed by atoms with Crippen molar-refractivity contribution in [2.24, 2.45) is 23.7 Å². The van der Waals surface area contributed by atoms with Crippen molar-refractivity contribution in [2.75, 3.05) is 0 Å². The van der Waals surface area contributed by atoms with E-state index in [1.54, 1.807) is 0 Å². The van der Waals surface area contributed by atoms with Gasteiger partial charge in [-0.3, -0.25) is 0 Å². The van der Waals surface area contributed by atoms with Gasteiger partial charge in [0.05, 0.1) is 6.10 Å². The van der Waals surface area contributed by atoms with Crippen molar-refractivity contribution in [3.05, 3.63) is 0 Å². The molecule has 2 aliphatic carbocycles. The highest BCUT2D eigenvalue weighted by Gasteiger charge is 2.37. The van der Waals surface area contributed by atoms with Gasteiger partial charge in [-0.2, -0.15) is 0 Å². The SMILES string of the molecule is CCC1CCCCC1C1CC(C)CCC1O. The summed E-state index contributed by atoms with van der Waals surface area (Å²) < 4.78 is 0. The number of hydrogen-bond donors (Lipinski definition) is 1. The van der Waals surface area contributed by atoms with Crippen LogP contribution in [0.5, 0.6) is 0 Å². The van der Waals surface area contributed by atoms with Gasteiger partial charge < -0.3 is 5.11 Å². The molecule has 1 heteroatoms. The minimum atomic E-state index is 0.00773. The molecule has 2 fully saturated rings. The summed E-state index contributed by atoms with van der Waals surface area (Å²) in [5.41, 5.74) is 0. The first-order valence-electron chi connectivity index (χ1n) is 7.40. The Labute approximate surface area is 101 Å². The van der Waals surface area contributed by atoms with E-state index >= 15 is 0 Å². The Hall–Kier alpha value is -0.0400. The zero-order valence-corrected chi connectivity index (χ0v) is 11.0. The van der Waals surface area contributed by atoms with Gasteiger partial charge in [-0.1, -0.05) is 39.5 Å². The molecule has 0 aromatic rings. The Kier molecular flexibility index (Phi) is 4.29. The summed E-state index contributed by atoms with van der Waals surface area (Å²) in [6, 6.07) is 0. The number of rotatable bonds is 2. The van der Waals surface area contributed by atoms with E-state index < -0.39 is 0 Å². The molecule has 0 aromatic carbocycles. The molecule has 1 nitrogen and oxygen atoms in total. The van der Waals surface area contributed by atoms with Crippen molar-refractivity contribution < 1.29 is 5.11 Å². The Morgan fingerprint density at radius 1 is 1.00 bits per heavy atom. The summed E-state index contributed by atoms with van der Waals surface area (Å²) in [6.45, 7) is 4.70. The third-order valence-electron chi connectivity index (χ3n) is 5.17. The Balaban J connectivity index is 2.02. The van der Waals surface area contributed by atoms with Crippen molar-refractivity contribution in [3.63, 3.8) is 0 Å². The minimum absolute atomic E-state index is 0.00773. The Morgan fingerprint density at radius 3 is 2.50 bits per heavy atom. The van der Waals surface area contributed by atoms with Gasteiger partial charge in [-0.05, 0) is 49.4 Å². The summed E-state index contributed by atoms with van der Waals surface area (Å²) in [5.74, 6) is 3.19. The molecule has 0 spiro atoms. The number of aliphatic hydroxyl groups is 1. The van der Waals surface area contributed by atoms with E-state index in [1.807, 2.05) is 0 Å². The summed E-state index contributed by atoms with van der Waals surface area (Å²) in [7, 11) is 0. The molecule has 5 unspecified atom stereocenters. The second kappa shape index (κ2) is 5.53. The quantitative estimate of drug-likeness (QED) is 0.751. The molecule has 0 radical (unpaired) electrons. The molecule has 2 aliphatic rings. The maximum atomic E-state index is 10.3. The van der Waals surface area contributed by atoms with Crippen LogP contribution in [0.15, 0.2) is 0 Å². The Morgan fingerprint density at radius 2 is 1.75 bits per heavy atom. The van der Waals surface area contributed by atoms with Gasteiger partial charge in [0.25, 0.3) is 0 Å². The monoisotopic (exact) mass is 224 g/mol. The molecule has 5 atom stereocenters. The van der Waals surface area contributed by atoms with Crippen LogP contribution in [0.2, 0.25) is 0 Å². The minimum Gasteiger partial charge on any atom is -0.393 e. The van der Waals surface area contributed by atoms with E-state index in [2.05, 4.69) is 13.8 Å². The molecular weight excluding hydrogens is 196 g/mol. The fourth-order valence-corrected chi connectivity index (χ4v) is 4.18.